The van der Waals surface area contributed by atoms with Crippen LogP contribution in [-0.4, -0.2) is 35.0 Å². The maximum Gasteiger partial charge on any atom is 0.413 e. The number of unbranched alkanes of at least 4 members (excludes halogenated alkanes) is 1. The van der Waals surface area contributed by atoms with E-state index < -0.39 is 6.09 Å². The van der Waals surface area contributed by atoms with Gasteiger partial charge in [-0.15, -0.1) is 0 Å². The van der Waals surface area contributed by atoms with Gasteiger partial charge in [0.15, 0.2) is 5.13 Å². The van der Waals surface area contributed by atoms with E-state index in [1.54, 1.807) is 6.92 Å². The van der Waals surface area contributed by atoms with E-state index in [1.807, 2.05) is 4.90 Å². The third kappa shape index (κ3) is 4.17. The first kappa shape index (κ1) is 15.8. The van der Waals surface area contributed by atoms with Crippen LogP contribution in [0.5, 0.6) is 0 Å². The number of carbonyl (C=O) groups is 2. The summed E-state index contributed by atoms with van der Waals surface area (Å²) in [6.07, 6.45) is 2.83. The van der Waals surface area contributed by atoms with Crippen molar-refractivity contribution in [2.24, 2.45) is 0 Å². The lowest BCUT2D eigenvalue weighted by molar-refractivity contribution is -0.132. The quantitative estimate of drug-likeness (QED) is 0.907. The molecule has 2 heterocycles. The molecule has 116 valence electrons. The Labute approximate surface area is 128 Å². The van der Waals surface area contributed by atoms with Crippen molar-refractivity contribution in [1.82, 2.24) is 9.88 Å². The molecule has 0 saturated carbocycles. The highest BCUT2D eigenvalue weighted by atomic mass is 32.1. The molecular formula is C14H21N3O3S. The maximum atomic E-state index is 12.1. The van der Waals surface area contributed by atoms with E-state index in [1.165, 1.54) is 11.3 Å². The van der Waals surface area contributed by atoms with Crippen LogP contribution in [0.1, 0.15) is 43.7 Å². The lowest BCUT2D eigenvalue weighted by Crippen LogP contribution is -2.35. The van der Waals surface area contributed by atoms with Crippen molar-refractivity contribution in [3.8, 4) is 0 Å². The van der Waals surface area contributed by atoms with Gasteiger partial charge in [-0.25, -0.2) is 9.78 Å². The molecule has 0 aliphatic carbocycles. The first-order valence-electron chi connectivity index (χ1n) is 7.34. The van der Waals surface area contributed by atoms with Crippen LogP contribution in [0.4, 0.5) is 9.93 Å². The van der Waals surface area contributed by atoms with Gasteiger partial charge in [0, 0.05) is 24.3 Å². The van der Waals surface area contributed by atoms with Crippen molar-refractivity contribution in [3.63, 3.8) is 0 Å². The van der Waals surface area contributed by atoms with Crippen LogP contribution in [0.15, 0.2) is 0 Å². The van der Waals surface area contributed by atoms with Gasteiger partial charge in [0.25, 0.3) is 0 Å². The summed E-state index contributed by atoms with van der Waals surface area (Å²) in [4.78, 5) is 30.8. The van der Waals surface area contributed by atoms with Gasteiger partial charge in [0.2, 0.25) is 5.91 Å². The molecule has 0 radical (unpaired) electrons. The highest BCUT2D eigenvalue weighted by Crippen LogP contribution is 2.28. The molecule has 0 fully saturated rings. The lowest BCUT2D eigenvalue weighted by atomic mass is 10.1. The minimum atomic E-state index is -0.487. The number of ether oxygens (including phenoxy) is 1. The average molecular weight is 311 g/mol. The largest absolute Gasteiger partial charge is 0.450 e. The lowest BCUT2D eigenvalue weighted by Gasteiger charge is -2.26. The van der Waals surface area contributed by atoms with Crippen molar-refractivity contribution in [3.05, 3.63) is 10.6 Å². The molecule has 21 heavy (non-hydrogen) atoms. The van der Waals surface area contributed by atoms with Crippen molar-refractivity contribution in [2.45, 2.75) is 46.1 Å². The molecule has 0 aromatic carbocycles. The zero-order chi connectivity index (χ0) is 15.2. The average Bonchev–Trinajstić information content (AvgIpc) is 2.85. The predicted octanol–water partition coefficient (Wildman–Crippen LogP) is 2.79. The number of hydrogen-bond acceptors (Lipinski definition) is 5. The van der Waals surface area contributed by atoms with E-state index in [4.69, 9.17) is 4.74 Å². The molecule has 2 amide bonds. The van der Waals surface area contributed by atoms with Gasteiger partial charge in [-0.05, 0) is 13.3 Å². The molecular weight excluding hydrogens is 290 g/mol. The highest BCUT2D eigenvalue weighted by molar-refractivity contribution is 7.15. The second kappa shape index (κ2) is 7.40. The normalized spacial score (nSPS) is 13.7. The SMILES string of the molecule is CCCCC(=O)N1CCc2nc(NC(=O)OCC)sc2C1. The summed E-state index contributed by atoms with van der Waals surface area (Å²) >= 11 is 1.42. The fraction of sp³-hybridized carbons (Fsp3) is 0.643. The van der Waals surface area contributed by atoms with Crippen LogP contribution in [0.25, 0.3) is 0 Å². The Morgan fingerprint density at radius 1 is 1.43 bits per heavy atom. The fourth-order valence-corrected chi connectivity index (χ4v) is 3.21. The Balaban J connectivity index is 1.96. The number of anilines is 1. The predicted molar refractivity (Wildman–Crippen MR) is 81.4 cm³/mol. The smallest absolute Gasteiger partial charge is 0.413 e. The summed E-state index contributed by atoms with van der Waals surface area (Å²) in [5.74, 6) is 0.204. The van der Waals surface area contributed by atoms with E-state index in [9.17, 15) is 9.59 Å². The van der Waals surface area contributed by atoms with Crippen LogP contribution < -0.4 is 5.32 Å². The third-order valence-electron chi connectivity index (χ3n) is 3.31. The van der Waals surface area contributed by atoms with Gasteiger partial charge >= 0.3 is 6.09 Å². The molecule has 2 rings (SSSR count). The Morgan fingerprint density at radius 3 is 2.95 bits per heavy atom. The molecule has 0 bridgehead atoms. The number of nitrogens with one attached hydrogen (secondary N) is 1. The van der Waals surface area contributed by atoms with Gasteiger partial charge in [-0.1, -0.05) is 24.7 Å². The summed E-state index contributed by atoms with van der Waals surface area (Å²) in [5, 5.41) is 3.16. The maximum absolute atomic E-state index is 12.1. The van der Waals surface area contributed by atoms with Gasteiger partial charge in [-0.2, -0.15) is 0 Å². The number of amides is 2. The molecule has 1 aromatic heterocycles. The van der Waals surface area contributed by atoms with Crippen molar-refractivity contribution >= 4 is 28.5 Å². The Morgan fingerprint density at radius 2 is 2.24 bits per heavy atom. The first-order chi connectivity index (χ1) is 10.1. The van der Waals surface area contributed by atoms with E-state index in [0.717, 1.165) is 29.8 Å². The minimum absolute atomic E-state index is 0.204. The van der Waals surface area contributed by atoms with Gasteiger partial charge < -0.3 is 9.64 Å². The van der Waals surface area contributed by atoms with Crippen molar-refractivity contribution < 1.29 is 14.3 Å². The minimum Gasteiger partial charge on any atom is -0.450 e. The summed E-state index contributed by atoms with van der Waals surface area (Å²) < 4.78 is 4.83. The summed E-state index contributed by atoms with van der Waals surface area (Å²) in [6.45, 7) is 5.47. The molecule has 0 saturated heterocycles. The topological polar surface area (TPSA) is 71.5 Å². The summed E-state index contributed by atoms with van der Waals surface area (Å²) in [5.41, 5.74) is 0.978. The molecule has 1 aliphatic heterocycles. The molecule has 7 heteroatoms. The van der Waals surface area contributed by atoms with Crippen molar-refractivity contribution in [1.29, 1.82) is 0 Å². The second-order valence-electron chi connectivity index (χ2n) is 4.90. The number of thiazole rings is 1. The Hall–Kier alpha value is -1.63. The summed E-state index contributed by atoms with van der Waals surface area (Å²) in [7, 11) is 0. The molecule has 1 aliphatic rings. The van der Waals surface area contributed by atoms with Crippen molar-refractivity contribution in [2.75, 3.05) is 18.5 Å². The van der Waals surface area contributed by atoms with E-state index in [0.29, 0.717) is 31.2 Å². The highest BCUT2D eigenvalue weighted by Gasteiger charge is 2.24. The number of hydrogen-bond donors (Lipinski definition) is 1. The number of rotatable bonds is 5. The fourth-order valence-electron chi connectivity index (χ4n) is 2.20. The van der Waals surface area contributed by atoms with Gasteiger partial charge in [0.05, 0.1) is 18.8 Å². The van der Waals surface area contributed by atoms with Crippen LogP contribution in [0.2, 0.25) is 0 Å². The Kier molecular flexibility index (Phi) is 5.55. The van der Waals surface area contributed by atoms with Gasteiger partial charge in [-0.3, -0.25) is 10.1 Å². The van der Waals surface area contributed by atoms with E-state index in [-0.39, 0.29) is 5.91 Å². The zero-order valence-electron chi connectivity index (χ0n) is 12.5. The first-order valence-corrected chi connectivity index (χ1v) is 8.15. The van der Waals surface area contributed by atoms with E-state index >= 15 is 0 Å². The molecule has 1 aromatic rings. The standard InChI is InChI=1S/C14H21N3O3S/c1-3-5-6-12(18)17-8-7-10-11(9-17)21-13(15-10)16-14(19)20-4-2/h3-9H2,1-2H3,(H,15,16,19). The zero-order valence-corrected chi connectivity index (χ0v) is 13.3. The van der Waals surface area contributed by atoms with Crippen LogP contribution in [0.3, 0.4) is 0 Å². The molecule has 6 nitrogen and oxygen atoms in total. The summed E-state index contributed by atoms with van der Waals surface area (Å²) in [6, 6.07) is 0. The third-order valence-corrected chi connectivity index (χ3v) is 4.31. The van der Waals surface area contributed by atoms with Crippen LogP contribution >= 0.6 is 11.3 Å². The molecule has 0 atom stereocenters. The Bertz CT molecular complexity index is 516. The second-order valence-corrected chi connectivity index (χ2v) is 5.99. The molecule has 1 N–H and O–H groups in total. The number of carbonyl (C=O) groups excluding carboxylic acids is 2. The number of nitrogens with zero attached hydrogens (tertiary/aromatic N) is 2. The number of aromatic nitrogens is 1. The monoisotopic (exact) mass is 311 g/mol. The van der Waals surface area contributed by atoms with Crippen LogP contribution in [-0.2, 0) is 22.5 Å². The van der Waals surface area contributed by atoms with Gasteiger partial charge in [0.1, 0.15) is 0 Å². The molecule has 0 unspecified atom stereocenters. The molecule has 0 spiro atoms. The van der Waals surface area contributed by atoms with E-state index in [2.05, 4.69) is 17.2 Å². The number of fused-ring (bicyclic) bond motifs is 1. The van der Waals surface area contributed by atoms with Crippen LogP contribution in [0, 0.1) is 0 Å².